The van der Waals surface area contributed by atoms with E-state index in [2.05, 4.69) is 5.10 Å². The minimum Gasteiger partial charge on any atom is -0.383 e. The predicted octanol–water partition coefficient (Wildman–Crippen LogP) is 1.20. The van der Waals surface area contributed by atoms with E-state index < -0.39 is 6.04 Å². The molecule has 27 heavy (non-hydrogen) atoms. The minimum atomic E-state index is -0.469. The second-order valence-corrected chi connectivity index (χ2v) is 6.67. The maximum absolute atomic E-state index is 13.0. The number of hydrogen-bond acceptors (Lipinski definition) is 4. The van der Waals surface area contributed by atoms with Crippen molar-refractivity contribution in [3.05, 3.63) is 54.4 Å². The van der Waals surface area contributed by atoms with Crippen LogP contribution >= 0.6 is 0 Å². The van der Waals surface area contributed by atoms with Crippen molar-refractivity contribution >= 4 is 11.8 Å². The molecule has 0 spiro atoms. The molecule has 7 heteroatoms. The van der Waals surface area contributed by atoms with Crippen molar-refractivity contribution in [2.75, 3.05) is 33.4 Å². The number of rotatable bonds is 9. The van der Waals surface area contributed by atoms with E-state index in [1.54, 1.807) is 23.1 Å². The molecule has 0 saturated carbocycles. The summed E-state index contributed by atoms with van der Waals surface area (Å²) in [7, 11) is 1.60. The summed E-state index contributed by atoms with van der Waals surface area (Å²) < 4.78 is 6.93. The zero-order valence-electron chi connectivity index (χ0n) is 15.7. The lowest BCUT2D eigenvalue weighted by Gasteiger charge is -2.40. The van der Waals surface area contributed by atoms with Crippen LogP contribution in [0.1, 0.15) is 12.0 Å². The Balaban J connectivity index is 1.71. The number of aromatic nitrogens is 2. The molecule has 1 fully saturated rings. The van der Waals surface area contributed by atoms with Crippen LogP contribution in [0.3, 0.4) is 0 Å². The number of ether oxygens (including phenoxy) is 1. The molecule has 3 rings (SSSR count). The topological polar surface area (TPSA) is 67.7 Å². The van der Waals surface area contributed by atoms with Gasteiger partial charge in [0.05, 0.1) is 13.2 Å². The molecule has 0 bridgehead atoms. The van der Waals surface area contributed by atoms with E-state index in [0.29, 0.717) is 26.1 Å². The van der Waals surface area contributed by atoms with Crippen LogP contribution in [0, 0.1) is 0 Å². The number of aryl methyl sites for hydroxylation is 1. The largest absolute Gasteiger partial charge is 0.383 e. The summed E-state index contributed by atoms with van der Waals surface area (Å²) in [5.41, 5.74) is 1.05. The molecular formula is C20H26N4O3. The van der Waals surface area contributed by atoms with Gasteiger partial charge in [0.1, 0.15) is 6.04 Å². The highest BCUT2D eigenvalue weighted by atomic mass is 16.5. The van der Waals surface area contributed by atoms with Crippen LogP contribution in [0.2, 0.25) is 0 Å². The van der Waals surface area contributed by atoms with E-state index in [-0.39, 0.29) is 18.4 Å². The quantitative estimate of drug-likeness (QED) is 0.665. The first-order valence-electron chi connectivity index (χ1n) is 9.27. The van der Waals surface area contributed by atoms with Gasteiger partial charge in [-0.1, -0.05) is 30.3 Å². The Bertz CT molecular complexity index is 733. The van der Waals surface area contributed by atoms with Gasteiger partial charge >= 0.3 is 0 Å². The first kappa shape index (κ1) is 19.1. The number of piperazine rings is 1. The third-order valence-corrected chi connectivity index (χ3v) is 4.80. The molecule has 0 unspecified atom stereocenters. The summed E-state index contributed by atoms with van der Waals surface area (Å²) in [6.45, 7) is 2.25. The molecule has 1 saturated heterocycles. The Labute approximate surface area is 159 Å². The van der Waals surface area contributed by atoms with E-state index >= 15 is 0 Å². The van der Waals surface area contributed by atoms with Crippen molar-refractivity contribution in [3.63, 3.8) is 0 Å². The molecule has 0 N–H and O–H groups in total. The van der Waals surface area contributed by atoms with Gasteiger partial charge in [-0.2, -0.15) is 5.10 Å². The highest BCUT2D eigenvalue weighted by Gasteiger charge is 2.38. The van der Waals surface area contributed by atoms with Crippen molar-refractivity contribution in [1.82, 2.24) is 19.6 Å². The van der Waals surface area contributed by atoms with E-state index in [1.807, 2.05) is 47.3 Å². The van der Waals surface area contributed by atoms with Gasteiger partial charge in [0.2, 0.25) is 11.8 Å². The average Bonchev–Trinajstić information content (AvgIpc) is 3.20. The van der Waals surface area contributed by atoms with Gasteiger partial charge in [0.15, 0.2) is 0 Å². The molecule has 144 valence electrons. The maximum atomic E-state index is 13.0. The number of hydrogen-bond donors (Lipinski definition) is 0. The SMILES string of the molecule is COCCN1CC(=O)N(CCCn2cccn2)[C@H](Cc2ccccc2)C1=O. The molecule has 2 amide bonds. The summed E-state index contributed by atoms with van der Waals surface area (Å²) in [5.74, 6) is -0.0123. The smallest absolute Gasteiger partial charge is 0.246 e. The first-order valence-corrected chi connectivity index (χ1v) is 9.27. The van der Waals surface area contributed by atoms with Crippen LogP contribution in [0.25, 0.3) is 0 Å². The van der Waals surface area contributed by atoms with Crippen molar-refractivity contribution in [2.45, 2.75) is 25.4 Å². The number of carbonyl (C=O) groups is 2. The number of carbonyl (C=O) groups excluding carboxylic acids is 2. The highest BCUT2D eigenvalue weighted by molar-refractivity contribution is 5.95. The lowest BCUT2D eigenvalue weighted by molar-refractivity contribution is -0.156. The molecular weight excluding hydrogens is 344 g/mol. The molecule has 0 radical (unpaired) electrons. The summed E-state index contributed by atoms with van der Waals surface area (Å²) >= 11 is 0. The van der Waals surface area contributed by atoms with Crippen LogP contribution in [0.15, 0.2) is 48.8 Å². The summed E-state index contributed by atoms with van der Waals surface area (Å²) in [4.78, 5) is 29.2. The van der Waals surface area contributed by atoms with Gasteiger partial charge in [-0.15, -0.1) is 0 Å². The minimum absolute atomic E-state index is 0.00501. The van der Waals surface area contributed by atoms with Crippen molar-refractivity contribution in [2.24, 2.45) is 0 Å². The van der Waals surface area contributed by atoms with E-state index in [0.717, 1.165) is 18.5 Å². The highest BCUT2D eigenvalue weighted by Crippen LogP contribution is 2.18. The molecule has 1 aromatic carbocycles. The molecule has 2 heterocycles. The third kappa shape index (κ3) is 4.95. The number of nitrogens with zero attached hydrogens (tertiary/aromatic N) is 4. The Morgan fingerprint density at radius 1 is 1.11 bits per heavy atom. The van der Waals surface area contributed by atoms with Gasteiger partial charge in [-0.05, 0) is 18.1 Å². The van der Waals surface area contributed by atoms with Gasteiger partial charge < -0.3 is 14.5 Å². The van der Waals surface area contributed by atoms with Crippen molar-refractivity contribution in [1.29, 1.82) is 0 Å². The van der Waals surface area contributed by atoms with E-state index in [9.17, 15) is 9.59 Å². The molecule has 1 atom stereocenters. The summed E-state index contributed by atoms with van der Waals surface area (Å²) in [5, 5.41) is 4.19. The lowest BCUT2D eigenvalue weighted by Crippen LogP contribution is -2.61. The monoisotopic (exact) mass is 370 g/mol. The Hall–Kier alpha value is -2.67. The Morgan fingerprint density at radius 2 is 1.93 bits per heavy atom. The predicted molar refractivity (Wildman–Crippen MR) is 101 cm³/mol. The Kier molecular flexibility index (Phi) is 6.59. The fourth-order valence-electron chi connectivity index (χ4n) is 3.39. The fourth-order valence-corrected chi connectivity index (χ4v) is 3.39. The third-order valence-electron chi connectivity index (χ3n) is 4.80. The van der Waals surface area contributed by atoms with Gasteiger partial charge in [-0.3, -0.25) is 14.3 Å². The number of methoxy groups -OCH3 is 1. The standard InChI is InChI=1S/C20H26N4O3/c1-27-14-13-22-16-19(25)24(12-6-11-23-10-5-9-21-23)18(20(22)26)15-17-7-3-2-4-8-17/h2-5,7-10,18H,6,11-16H2,1H3/t18-/m1/s1. The van der Waals surface area contributed by atoms with Crippen LogP contribution in [0.5, 0.6) is 0 Å². The van der Waals surface area contributed by atoms with Gasteiger partial charge in [0.25, 0.3) is 0 Å². The number of amides is 2. The molecule has 0 aliphatic carbocycles. The van der Waals surface area contributed by atoms with Crippen LogP contribution in [-0.4, -0.2) is 70.8 Å². The zero-order valence-corrected chi connectivity index (χ0v) is 15.7. The van der Waals surface area contributed by atoms with Crippen LogP contribution < -0.4 is 0 Å². The molecule has 7 nitrogen and oxygen atoms in total. The van der Waals surface area contributed by atoms with Crippen LogP contribution in [-0.2, 0) is 27.3 Å². The second-order valence-electron chi connectivity index (χ2n) is 6.67. The molecule has 2 aromatic rings. The fraction of sp³-hybridized carbons (Fsp3) is 0.450. The van der Waals surface area contributed by atoms with Crippen molar-refractivity contribution in [3.8, 4) is 0 Å². The molecule has 1 aliphatic rings. The summed E-state index contributed by atoms with van der Waals surface area (Å²) in [6, 6.07) is 11.3. The Morgan fingerprint density at radius 3 is 2.63 bits per heavy atom. The van der Waals surface area contributed by atoms with Crippen molar-refractivity contribution < 1.29 is 14.3 Å². The normalized spacial score (nSPS) is 17.6. The van der Waals surface area contributed by atoms with Crippen LogP contribution in [0.4, 0.5) is 0 Å². The maximum Gasteiger partial charge on any atom is 0.246 e. The second kappa shape index (κ2) is 9.32. The molecule has 1 aromatic heterocycles. The zero-order chi connectivity index (χ0) is 19.1. The van der Waals surface area contributed by atoms with Gasteiger partial charge in [-0.25, -0.2) is 0 Å². The van der Waals surface area contributed by atoms with Gasteiger partial charge in [0, 0.05) is 45.6 Å². The number of benzene rings is 1. The van der Waals surface area contributed by atoms with E-state index in [1.165, 1.54) is 0 Å². The lowest BCUT2D eigenvalue weighted by atomic mass is 10.0. The molecule has 1 aliphatic heterocycles. The average molecular weight is 370 g/mol. The summed E-state index contributed by atoms with van der Waals surface area (Å²) in [6.07, 6.45) is 4.92. The first-order chi connectivity index (χ1) is 13.2. The van der Waals surface area contributed by atoms with E-state index in [4.69, 9.17) is 4.74 Å².